The fourth-order valence-electron chi connectivity index (χ4n) is 2.89. The van der Waals surface area contributed by atoms with Crippen LogP contribution in [-0.2, 0) is 0 Å². The lowest BCUT2D eigenvalue weighted by Crippen LogP contribution is -2.39. The second-order valence-electron chi connectivity index (χ2n) is 5.92. The molecule has 4 heteroatoms. The summed E-state index contributed by atoms with van der Waals surface area (Å²) in [5.41, 5.74) is 0.0215. The van der Waals surface area contributed by atoms with E-state index in [-0.39, 0.29) is 17.5 Å². The zero-order valence-electron chi connectivity index (χ0n) is 12.1. The first-order valence-electron chi connectivity index (χ1n) is 7.47. The van der Waals surface area contributed by atoms with E-state index >= 15 is 0 Å². The zero-order chi connectivity index (χ0) is 14.8. The van der Waals surface area contributed by atoms with Crippen LogP contribution in [0.4, 0.5) is 0 Å². The molecule has 0 saturated heterocycles. The first-order valence-corrected chi connectivity index (χ1v) is 7.47. The molecule has 2 aromatic rings. The van der Waals surface area contributed by atoms with Crippen LogP contribution in [0.2, 0.25) is 0 Å². The second-order valence-corrected chi connectivity index (χ2v) is 5.92. The van der Waals surface area contributed by atoms with Crippen molar-refractivity contribution in [1.82, 2.24) is 5.32 Å². The minimum atomic E-state index is -0.574. The maximum absolute atomic E-state index is 12.3. The summed E-state index contributed by atoms with van der Waals surface area (Å²) in [7, 11) is 0. The van der Waals surface area contributed by atoms with Gasteiger partial charge < -0.3 is 9.73 Å². The second kappa shape index (κ2) is 5.72. The maximum atomic E-state index is 12.3. The van der Waals surface area contributed by atoms with E-state index in [4.69, 9.17) is 4.42 Å². The molecule has 1 aliphatic carbocycles. The molecule has 1 heterocycles. The van der Waals surface area contributed by atoms with Gasteiger partial charge in [0.2, 0.25) is 0 Å². The van der Waals surface area contributed by atoms with Crippen LogP contribution in [0.3, 0.4) is 0 Å². The third-order valence-electron chi connectivity index (χ3n) is 4.24. The Morgan fingerprint density at radius 2 is 1.90 bits per heavy atom. The molecular formula is C17H19NO3. The van der Waals surface area contributed by atoms with Crippen molar-refractivity contribution in [2.24, 2.45) is 5.92 Å². The topological polar surface area (TPSA) is 59.3 Å². The van der Waals surface area contributed by atoms with Crippen LogP contribution >= 0.6 is 0 Å². The molecule has 1 aromatic carbocycles. The molecule has 0 aliphatic heterocycles. The molecular weight excluding hydrogens is 266 g/mol. The van der Waals surface area contributed by atoms with Gasteiger partial charge in [0.1, 0.15) is 11.1 Å². The number of hydrogen-bond acceptors (Lipinski definition) is 3. The van der Waals surface area contributed by atoms with E-state index in [1.165, 1.54) is 0 Å². The lowest BCUT2D eigenvalue weighted by atomic mass is 9.87. The molecule has 0 bridgehead atoms. The number of hydrogen-bond donors (Lipinski definition) is 1. The highest BCUT2D eigenvalue weighted by Crippen LogP contribution is 2.23. The summed E-state index contributed by atoms with van der Waals surface area (Å²) in [5.74, 6) is 0.401. The quantitative estimate of drug-likeness (QED) is 0.862. The van der Waals surface area contributed by atoms with Gasteiger partial charge in [-0.15, -0.1) is 0 Å². The summed E-state index contributed by atoms with van der Waals surface area (Å²) in [6.45, 7) is 2.23. The monoisotopic (exact) mass is 285 g/mol. The molecule has 4 nitrogen and oxygen atoms in total. The largest absolute Gasteiger partial charge is 0.422 e. The van der Waals surface area contributed by atoms with Gasteiger partial charge in [0.25, 0.3) is 5.91 Å². The third kappa shape index (κ3) is 2.99. The van der Waals surface area contributed by atoms with Crippen molar-refractivity contribution >= 4 is 16.9 Å². The van der Waals surface area contributed by atoms with E-state index in [0.717, 1.165) is 37.0 Å². The van der Waals surface area contributed by atoms with Crippen molar-refractivity contribution in [1.29, 1.82) is 0 Å². The molecule has 1 aliphatic rings. The Kier molecular flexibility index (Phi) is 3.78. The number of carbonyl (C=O) groups excluding carboxylic acids is 1. The molecule has 1 N–H and O–H groups in total. The van der Waals surface area contributed by atoms with Crippen LogP contribution in [-0.4, -0.2) is 11.9 Å². The number of carbonyl (C=O) groups is 1. The van der Waals surface area contributed by atoms with Gasteiger partial charge in [0.15, 0.2) is 0 Å². The zero-order valence-corrected chi connectivity index (χ0v) is 12.1. The molecule has 110 valence electrons. The van der Waals surface area contributed by atoms with Gasteiger partial charge in [0.05, 0.1) is 0 Å². The smallest absolute Gasteiger partial charge is 0.349 e. The fourth-order valence-corrected chi connectivity index (χ4v) is 2.89. The van der Waals surface area contributed by atoms with E-state index < -0.39 is 5.63 Å². The van der Waals surface area contributed by atoms with Crippen molar-refractivity contribution in [3.8, 4) is 0 Å². The minimum Gasteiger partial charge on any atom is -0.422 e. The van der Waals surface area contributed by atoms with Crippen LogP contribution in [0.15, 0.2) is 39.5 Å². The van der Waals surface area contributed by atoms with Crippen molar-refractivity contribution in [2.45, 2.75) is 38.6 Å². The van der Waals surface area contributed by atoms with E-state index in [1.807, 2.05) is 12.1 Å². The SMILES string of the molecule is CC1CCC(NC(=O)c2cc3ccccc3oc2=O)CC1. The molecule has 1 aromatic heterocycles. The molecule has 21 heavy (non-hydrogen) atoms. The lowest BCUT2D eigenvalue weighted by molar-refractivity contribution is 0.0919. The average Bonchev–Trinajstić information content (AvgIpc) is 2.49. The third-order valence-corrected chi connectivity index (χ3v) is 4.24. The van der Waals surface area contributed by atoms with Crippen molar-refractivity contribution in [3.05, 3.63) is 46.3 Å². The highest BCUT2D eigenvalue weighted by molar-refractivity contribution is 5.96. The fraction of sp³-hybridized carbons (Fsp3) is 0.412. The molecule has 0 radical (unpaired) electrons. The molecule has 3 rings (SSSR count). The Morgan fingerprint density at radius 3 is 2.67 bits per heavy atom. The summed E-state index contributed by atoms with van der Waals surface area (Å²) in [6, 6.07) is 8.99. The normalized spacial score (nSPS) is 22.1. The number of nitrogens with one attached hydrogen (secondary N) is 1. The van der Waals surface area contributed by atoms with Crippen LogP contribution in [0.25, 0.3) is 11.0 Å². The predicted octanol–water partition coefficient (Wildman–Crippen LogP) is 3.10. The highest BCUT2D eigenvalue weighted by atomic mass is 16.4. The van der Waals surface area contributed by atoms with E-state index in [2.05, 4.69) is 12.2 Å². The van der Waals surface area contributed by atoms with Gasteiger partial charge in [0, 0.05) is 11.4 Å². The summed E-state index contributed by atoms with van der Waals surface area (Å²) in [4.78, 5) is 24.2. The lowest BCUT2D eigenvalue weighted by Gasteiger charge is -2.26. The Bertz CT molecular complexity index is 711. The van der Waals surface area contributed by atoms with E-state index in [0.29, 0.717) is 5.58 Å². The van der Waals surface area contributed by atoms with Crippen LogP contribution in [0, 0.1) is 5.92 Å². The Labute approximate surface area is 123 Å². The number of fused-ring (bicyclic) bond motifs is 1. The standard InChI is InChI=1S/C17H19NO3/c1-11-6-8-13(9-7-11)18-16(19)14-10-12-4-2-3-5-15(12)21-17(14)20/h2-5,10-11,13H,6-9H2,1H3,(H,18,19). The number of rotatable bonds is 2. The summed E-state index contributed by atoms with van der Waals surface area (Å²) < 4.78 is 5.20. The van der Waals surface area contributed by atoms with Crippen molar-refractivity contribution in [2.75, 3.05) is 0 Å². The highest BCUT2D eigenvalue weighted by Gasteiger charge is 2.22. The van der Waals surface area contributed by atoms with Crippen molar-refractivity contribution in [3.63, 3.8) is 0 Å². The van der Waals surface area contributed by atoms with Gasteiger partial charge in [-0.2, -0.15) is 0 Å². The van der Waals surface area contributed by atoms with E-state index in [9.17, 15) is 9.59 Å². The summed E-state index contributed by atoms with van der Waals surface area (Å²) in [6.07, 6.45) is 4.20. The molecule has 0 atom stereocenters. The Morgan fingerprint density at radius 1 is 1.19 bits per heavy atom. The van der Waals surface area contributed by atoms with Gasteiger partial charge in [-0.05, 0) is 43.7 Å². The molecule has 1 saturated carbocycles. The van der Waals surface area contributed by atoms with Crippen molar-refractivity contribution < 1.29 is 9.21 Å². The van der Waals surface area contributed by atoms with Crippen LogP contribution < -0.4 is 10.9 Å². The molecule has 1 fully saturated rings. The summed E-state index contributed by atoms with van der Waals surface area (Å²) in [5, 5.41) is 3.73. The average molecular weight is 285 g/mol. The first-order chi connectivity index (χ1) is 10.1. The number of benzene rings is 1. The summed E-state index contributed by atoms with van der Waals surface area (Å²) >= 11 is 0. The van der Waals surface area contributed by atoms with Crippen LogP contribution in [0.1, 0.15) is 43.0 Å². The van der Waals surface area contributed by atoms with Crippen LogP contribution in [0.5, 0.6) is 0 Å². The minimum absolute atomic E-state index is 0.0901. The number of amides is 1. The van der Waals surface area contributed by atoms with Gasteiger partial charge in [-0.25, -0.2) is 4.79 Å². The Hall–Kier alpha value is -2.10. The first kappa shape index (κ1) is 13.9. The molecule has 0 unspecified atom stereocenters. The molecule has 0 spiro atoms. The van der Waals surface area contributed by atoms with E-state index in [1.54, 1.807) is 18.2 Å². The predicted molar refractivity (Wildman–Crippen MR) is 81.4 cm³/mol. The Balaban J connectivity index is 1.81. The van der Waals surface area contributed by atoms with Gasteiger partial charge in [-0.3, -0.25) is 4.79 Å². The van der Waals surface area contributed by atoms with Gasteiger partial charge in [-0.1, -0.05) is 25.1 Å². The number of para-hydroxylation sites is 1. The maximum Gasteiger partial charge on any atom is 0.349 e. The molecule has 1 amide bonds. The van der Waals surface area contributed by atoms with Gasteiger partial charge >= 0.3 is 5.63 Å².